The molecule has 2 fully saturated rings. The van der Waals surface area contributed by atoms with Gasteiger partial charge in [-0.3, -0.25) is 9.69 Å². The molecule has 0 bridgehead atoms. The highest BCUT2D eigenvalue weighted by molar-refractivity contribution is 5.78. The largest absolute Gasteiger partial charge is 0.378 e. The molecule has 0 aromatic heterocycles. The Bertz CT molecular complexity index is 246. The van der Waals surface area contributed by atoms with E-state index in [1.165, 1.54) is 32.1 Å². The van der Waals surface area contributed by atoms with Crippen molar-refractivity contribution >= 4 is 5.91 Å². The zero-order chi connectivity index (χ0) is 12.1. The smallest absolute Gasteiger partial charge is 0.236 e. The first-order valence-corrected chi connectivity index (χ1v) is 6.83. The molecule has 0 aromatic carbocycles. The third-order valence-electron chi connectivity index (χ3n) is 3.95. The van der Waals surface area contributed by atoms with E-state index in [0.29, 0.717) is 25.8 Å². The lowest BCUT2D eigenvalue weighted by Gasteiger charge is -2.33. The van der Waals surface area contributed by atoms with Gasteiger partial charge >= 0.3 is 0 Å². The zero-order valence-electron chi connectivity index (χ0n) is 10.9. The van der Waals surface area contributed by atoms with Crippen molar-refractivity contribution in [3.63, 3.8) is 0 Å². The van der Waals surface area contributed by atoms with E-state index < -0.39 is 0 Å². The van der Waals surface area contributed by atoms with Crippen LogP contribution < -0.4 is 0 Å². The van der Waals surface area contributed by atoms with Crippen LogP contribution in [-0.2, 0) is 9.53 Å². The van der Waals surface area contributed by atoms with Crippen LogP contribution in [0.5, 0.6) is 0 Å². The molecule has 0 unspecified atom stereocenters. The molecule has 1 heterocycles. The van der Waals surface area contributed by atoms with E-state index in [0.717, 1.165) is 13.1 Å². The van der Waals surface area contributed by atoms with Crippen molar-refractivity contribution in [3.8, 4) is 0 Å². The summed E-state index contributed by atoms with van der Waals surface area (Å²) >= 11 is 0. The highest BCUT2D eigenvalue weighted by atomic mass is 16.5. The van der Waals surface area contributed by atoms with Crippen LogP contribution in [-0.4, -0.2) is 61.6 Å². The molecule has 0 spiro atoms. The second kappa shape index (κ2) is 6.36. The van der Waals surface area contributed by atoms with Crippen LogP contribution in [0.25, 0.3) is 0 Å². The van der Waals surface area contributed by atoms with Gasteiger partial charge in [-0.15, -0.1) is 0 Å². The number of likely N-dealkylation sites (N-methyl/N-ethyl adjacent to an activating group) is 1. The minimum absolute atomic E-state index is 0.265. The first kappa shape index (κ1) is 12.8. The third kappa shape index (κ3) is 3.68. The molecule has 4 nitrogen and oxygen atoms in total. The fraction of sp³-hybridized carbons (Fsp3) is 0.923. The number of amides is 1. The third-order valence-corrected chi connectivity index (χ3v) is 3.95. The average Bonchev–Trinajstić information content (AvgIpc) is 2.40. The van der Waals surface area contributed by atoms with Crippen molar-refractivity contribution in [2.75, 3.05) is 39.9 Å². The molecule has 1 amide bonds. The maximum absolute atomic E-state index is 12.1. The van der Waals surface area contributed by atoms with Crippen molar-refractivity contribution in [1.29, 1.82) is 0 Å². The zero-order valence-corrected chi connectivity index (χ0v) is 10.9. The Morgan fingerprint density at radius 3 is 2.53 bits per heavy atom. The fourth-order valence-electron chi connectivity index (χ4n) is 2.78. The lowest BCUT2D eigenvalue weighted by Crippen LogP contribution is -2.47. The van der Waals surface area contributed by atoms with Gasteiger partial charge in [0.1, 0.15) is 0 Å². The lowest BCUT2D eigenvalue weighted by molar-refractivity contribution is -0.136. The van der Waals surface area contributed by atoms with E-state index in [9.17, 15) is 4.79 Å². The normalized spacial score (nSPS) is 23.1. The van der Waals surface area contributed by atoms with Crippen LogP contribution in [0.1, 0.15) is 32.1 Å². The summed E-state index contributed by atoms with van der Waals surface area (Å²) in [5.41, 5.74) is 0. The Morgan fingerprint density at radius 1 is 1.24 bits per heavy atom. The van der Waals surface area contributed by atoms with Gasteiger partial charge in [-0.05, 0) is 19.9 Å². The Morgan fingerprint density at radius 2 is 1.88 bits per heavy atom. The maximum Gasteiger partial charge on any atom is 0.236 e. The number of rotatable bonds is 3. The van der Waals surface area contributed by atoms with Crippen molar-refractivity contribution < 1.29 is 9.53 Å². The molecule has 2 aliphatic rings. The number of carbonyl (C=O) groups is 1. The van der Waals surface area contributed by atoms with Crippen LogP contribution in [0.4, 0.5) is 0 Å². The fourth-order valence-corrected chi connectivity index (χ4v) is 2.78. The summed E-state index contributed by atoms with van der Waals surface area (Å²) in [4.78, 5) is 16.3. The molecule has 1 aliphatic carbocycles. The summed E-state index contributed by atoms with van der Waals surface area (Å²) in [7, 11) is 2.09. The van der Waals surface area contributed by atoms with Crippen LogP contribution in [0.3, 0.4) is 0 Å². The standard InChI is InChI=1S/C13H24N2O2/c1-14(12-5-3-2-4-6-12)11-13(16)15-7-9-17-10-8-15/h12H,2-11H2,1H3. The summed E-state index contributed by atoms with van der Waals surface area (Å²) in [6.07, 6.45) is 6.52. The predicted molar refractivity (Wildman–Crippen MR) is 66.9 cm³/mol. The Hall–Kier alpha value is -0.610. The van der Waals surface area contributed by atoms with E-state index in [4.69, 9.17) is 4.74 Å². The Balaban J connectivity index is 1.76. The van der Waals surface area contributed by atoms with Gasteiger partial charge in [0, 0.05) is 19.1 Å². The van der Waals surface area contributed by atoms with Gasteiger partial charge in [0.15, 0.2) is 0 Å². The van der Waals surface area contributed by atoms with Crippen LogP contribution in [0, 0.1) is 0 Å². The van der Waals surface area contributed by atoms with E-state index in [1.807, 2.05) is 4.90 Å². The number of hydrogen-bond acceptors (Lipinski definition) is 3. The van der Waals surface area contributed by atoms with Gasteiger partial charge in [-0.1, -0.05) is 19.3 Å². The molecule has 1 saturated carbocycles. The molecular formula is C13H24N2O2. The predicted octanol–water partition coefficient (Wildman–Crippen LogP) is 1.11. The van der Waals surface area contributed by atoms with Crippen molar-refractivity contribution in [1.82, 2.24) is 9.80 Å². The van der Waals surface area contributed by atoms with Gasteiger partial charge in [-0.25, -0.2) is 0 Å². The van der Waals surface area contributed by atoms with Crippen LogP contribution in [0.2, 0.25) is 0 Å². The molecule has 17 heavy (non-hydrogen) atoms. The van der Waals surface area contributed by atoms with Gasteiger partial charge in [0.25, 0.3) is 0 Å². The number of morpholine rings is 1. The molecule has 98 valence electrons. The monoisotopic (exact) mass is 240 g/mol. The van der Waals surface area contributed by atoms with Crippen molar-refractivity contribution in [3.05, 3.63) is 0 Å². The molecule has 2 rings (SSSR count). The Kier molecular flexibility index (Phi) is 4.80. The maximum atomic E-state index is 12.1. The highest BCUT2D eigenvalue weighted by Gasteiger charge is 2.23. The SMILES string of the molecule is CN(CC(=O)N1CCOCC1)C1CCCCC1. The minimum Gasteiger partial charge on any atom is -0.378 e. The molecule has 1 saturated heterocycles. The summed E-state index contributed by atoms with van der Waals surface area (Å²) in [6, 6.07) is 0.619. The minimum atomic E-state index is 0.265. The molecule has 1 aliphatic heterocycles. The van der Waals surface area contributed by atoms with Gasteiger partial charge < -0.3 is 9.64 Å². The van der Waals surface area contributed by atoms with Crippen molar-refractivity contribution in [2.24, 2.45) is 0 Å². The van der Waals surface area contributed by atoms with E-state index in [1.54, 1.807) is 0 Å². The number of carbonyl (C=O) groups excluding carboxylic acids is 1. The van der Waals surface area contributed by atoms with E-state index in [-0.39, 0.29) is 5.91 Å². The molecule has 0 atom stereocenters. The molecule has 4 heteroatoms. The molecule has 0 radical (unpaired) electrons. The van der Waals surface area contributed by atoms with Gasteiger partial charge in [0.05, 0.1) is 19.8 Å². The van der Waals surface area contributed by atoms with Gasteiger partial charge in [0.2, 0.25) is 5.91 Å². The second-order valence-electron chi connectivity index (χ2n) is 5.20. The van der Waals surface area contributed by atoms with E-state index in [2.05, 4.69) is 11.9 Å². The summed E-state index contributed by atoms with van der Waals surface area (Å²) in [5, 5.41) is 0. The molecular weight excluding hydrogens is 216 g/mol. The lowest BCUT2D eigenvalue weighted by atomic mass is 9.94. The summed E-state index contributed by atoms with van der Waals surface area (Å²) in [6.45, 7) is 3.48. The topological polar surface area (TPSA) is 32.8 Å². The van der Waals surface area contributed by atoms with Crippen LogP contribution in [0.15, 0.2) is 0 Å². The molecule has 0 N–H and O–H groups in total. The number of hydrogen-bond donors (Lipinski definition) is 0. The number of nitrogens with zero attached hydrogens (tertiary/aromatic N) is 2. The first-order chi connectivity index (χ1) is 8.27. The summed E-state index contributed by atoms with van der Waals surface area (Å²) < 4.78 is 5.26. The quantitative estimate of drug-likeness (QED) is 0.741. The second-order valence-corrected chi connectivity index (χ2v) is 5.20. The number of ether oxygens (including phenoxy) is 1. The summed E-state index contributed by atoms with van der Waals surface area (Å²) in [5.74, 6) is 0.265. The van der Waals surface area contributed by atoms with Crippen LogP contribution >= 0.6 is 0 Å². The molecule has 0 aromatic rings. The van der Waals surface area contributed by atoms with Gasteiger partial charge in [-0.2, -0.15) is 0 Å². The Labute approximate surface area is 104 Å². The highest BCUT2D eigenvalue weighted by Crippen LogP contribution is 2.21. The van der Waals surface area contributed by atoms with Crippen molar-refractivity contribution in [2.45, 2.75) is 38.1 Å². The average molecular weight is 240 g/mol. The van der Waals surface area contributed by atoms with E-state index >= 15 is 0 Å². The first-order valence-electron chi connectivity index (χ1n) is 6.83.